The maximum atomic E-state index is 12.8. The highest BCUT2D eigenvalue weighted by Gasteiger charge is 2.27. The Balaban J connectivity index is 1.78. The number of nitrogens with zero attached hydrogens (tertiary/aromatic N) is 1. The van der Waals surface area contributed by atoms with Crippen LogP contribution in [0, 0.1) is 25.2 Å². The van der Waals surface area contributed by atoms with Gasteiger partial charge in [0.05, 0.1) is 18.8 Å². The highest BCUT2D eigenvalue weighted by Crippen LogP contribution is 2.36. The Morgan fingerprint density at radius 1 is 1.28 bits per heavy atom. The average molecular weight is 411 g/mol. The minimum Gasteiger partial charge on any atom is -0.462 e. The van der Waals surface area contributed by atoms with E-state index in [1.807, 2.05) is 37.3 Å². The van der Waals surface area contributed by atoms with Crippen LogP contribution in [0.3, 0.4) is 0 Å². The van der Waals surface area contributed by atoms with Gasteiger partial charge in [-0.05, 0) is 51.4 Å². The van der Waals surface area contributed by atoms with E-state index in [-0.39, 0.29) is 18.4 Å². The molecule has 0 unspecified atom stereocenters. The standard InChI is InChI=1S/C23H26N2O3S/c1-4-12-25-13-10-18(11-14-25)22(26)24-19-15-20(17-8-6-16(3)7-9-17)29-21(19)23(27)28-5-2/h1,6-9,15,18H,5,10-14H2,2-3H3,(H,24,26). The fourth-order valence-corrected chi connectivity index (χ4v) is 4.42. The number of carbonyl (C=O) groups excluding carboxylic acids is 2. The number of benzene rings is 1. The van der Waals surface area contributed by atoms with E-state index in [4.69, 9.17) is 11.2 Å². The maximum Gasteiger partial charge on any atom is 0.350 e. The van der Waals surface area contributed by atoms with Crippen LogP contribution in [0.4, 0.5) is 5.69 Å². The number of piperidine rings is 1. The van der Waals surface area contributed by atoms with Crippen LogP contribution in [0.1, 0.15) is 35.0 Å². The summed E-state index contributed by atoms with van der Waals surface area (Å²) >= 11 is 1.34. The molecule has 1 aromatic heterocycles. The van der Waals surface area contributed by atoms with E-state index in [0.717, 1.165) is 36.4 Å². The van der Waals surface area contributed by atoms with Gasteiger partial charge in [-0.3, -0.25) is 9.69 Å². The number of amides is 1. The van der Waals surface area contributed by atoms with Gasteiger partial charge < -0.3 is 10.1 Å². The van der Waals surface area contributed by atoms with Crippen molar-refractivity contribution in [3.05, 3.63) is 40.8 Å². The molecule has 1 amide bonds. The molecule has 0 atom stereocenters. The summed E-state index contributed by atoms with van der Waals surface area (Å²) in [5.41, 5.74) is 2.70. The smallest absolute Gasteiger partial charge is 0.350 e. The Bertz CT molecular complexity index is 903. The topological polar surface area (TPSA) is 58.6 Å². The predicted molar refractivity (Wildman–Crippen MR) is 117 cm³/mol. The van der Waals surface area contributed by atoms with Crippen LogP contribution in [0.25, 0.3) is 10.4 Å². The molecule has 1 aromatic carbocycles. The number of anilines is 1. The molecule has 0 saturated carbocycles. The lowest BCUT2D eigenvalue weighted by atomic mass is 9.96. The van der Waals surface area contributed by atoms with Crippen LogP contribution in [-0.4, -0.2) is 43.0 Å². The Labute approximate surface area is 176 Å². The Morgan fingerprint density at radius 2 is 1.97 bits per heavy atom. The Kier molecular flexibility index (Phi) is 7.08. The number of terminal acetylenes is 1. The number of esters is 1. The van der Waals surface area contributed by atoms with Crippen LogP contribution < -0.4 is 5.32 Å². The van der Waals surface area contributed by atoms with Crippen LogP contribution >= 0.6 is 11.3 Å². The SMILES string of the molecule is C#CCN1CCC(C(=O)Nc2cc(-c3ccc(C)cc3)sc2C(=O)OCC)CC1. The molecular formula is C23H26N2O3S. The molecule has 1 aliphatic rings. The van der Waals surface area contributed by atoms with Gasteiger partial charge in [0.1, 0.15) is 4.88 Å². The summed E-state index contributed by atoms with van der Waals surface area (Å²) in [6, 6.07) is 9.96. The highest BCUT2D eigenvalue weighted by atomic mass is 32.1. The van der Waals surface area contributed by atoms with E-state index in [2.05, 4.69) is 16.1 Å². The lowest BCUT2D eigenvalue weighted by Gasteiger charge is -2.29. The van der Waals surface area contributed by atoms with Crippen molar-refractivity contribution < 1.29 is 14.3 Å². The number of carbonyl (C=O) groups is 2. The van der Waals surface area contributed by atoms with Crippen molar-refractivity contribution in [2.45, 2.75) is 26.7 Å². The van der Waals surface area contributed by atoms with Crippen LogP contribution in [-0.2, 0) is 9.53 Å². The quantitative estimate of drug-likeness (QED) is 0.573. The zero-order valence-electron chi connectivity index (χ0n) is 16.9. The molecule has 3 rings (SSSR count). The molecule has 2 heterocycles. The normalized spacial score (nSPS) is 14.9. The third-order valence-electron chi connectivity index (χ3n) is 5.06. The molecule has 1 N–H and O–H groups in total. The van der Waals surface area contributed by atoms with E-state index in [0.29, 0.717) is 17.1 Å². The number of nitrogens with one attached hydrogen (secondary N) is 1. The number of hydrogen-bond acceptors (Lipinski definition) is 5. The second-order valence-electron chi connectivity index (χ2n) is 7.18. The van der Waals surface area contributed by atoms with Gasteiger partial charge in [-0.1, -0.05) is 35.7 Å². The molecule has 6 heteroatoms. The summed E-state index contributed by atoms with van der Waals surface area (Å²) in [6.45, 7) is 6.33. The number of aryl methyl sites for hydroxylation is 1. The number of hydrogen-bond donors (Lipinski definition) is 1. The zero-order valence-corrected chi connectivity index (χ0v) is 17.7. The second kappa shape index (κ2) is 9.73. The summed E-state index contributed by atoms with van der Waals surface area (Å²) < 4.78 is 5.20. The molecule has 5 nitrogen and oxygen atoms in total. The number of likely N-dealkylation sites (tertiary alicyclic amines) is 1. The first kappa shape index (κ1) is 21.1. The fraction of sp³-hybridized carbons (Fsp3) is 0.391. The summed E-state index contributed by atoms with van der Waals surface area (Å²) in [4.78, 5) is 28.8. The number of thiophene rings is 1. The zero-order chi connectivity index (χ0) is 20.8. The van der Waals surface area contributed by atoms with E-state index < -0.39 is 5.97 Å². The van der Waals surface area contributed by atoms with Crippen molar-refractivity contribution in [1.29, 1.82) is 0 Å². The molecule has 0 bridgehead atoms. The third kappa shape index (κ3) is 5.26. The third-order valence-corrected chi connectivity index (χ3v) is 6.22. The van der Waals surface area contributed by atoms with Crippen molar-refractivity contribution in [2.75, 3.05) is 31.6 Å². The van der Waals surface area contributed by atoms with Gasteiger partial charge in [-0.15, -0.1) is 17.8 Å². The fourth-order valence-electron chi connectivity index (χ4n) is 3.41. The minimum absolute atomic E-state index is 0.0517. The van der Waals surface area contributed by atoms with Crippen LogP contribution in [0.2, 0.25) is 0 Å². The first-order chi connectivity index (χ1) is 14.0. The van der Waals surface area contributed by atoms with Gasteiger partial charge in [-0.2, -0.15) is 0 Å². The van der Waals surface area contributed by atoms with Gasteiger partial charge in [-0.25, -0.2) is 4.79 Å². The van der Waals surface area contributed by atoms with Crippen molar-refractivity contribution in [1.82, 2.24) is 4.90 Å². The van der Waals surface area contributed by atoms with Gasteiger partial charge in [0.2, 0.25) is 5.91 Å². The van der Waals surface area contributed by atoms with Gasteiger partial charge in [0, 0.05) is 10.8 Å². The van der Waals surface area contributed by atoms with Crippen molar-refractivity contribution in [3.8, 4) is 22.8 Å². The van der Waals surface area contributed by atoms with Gasteiger partial charge in [0.15, 0.2) is 0 Å². The van der Waals surface area contributed by atoms with Crippen molar-refractivity contribution in [2.24, 2.45) is 5.92 Å². The van der Waals surface area contributed by atoms with Gasteiger partial charge in [0.25, 0.3) is 0 Å². The monoisotopic (exact) mass is 410 g/mol. The molecule has 152 valence electrons. The minimum atomic E-state index is -0.407. The second-order valence-corrected chi connectivity index (χ2v) is 8.24. The van der Waals surface area contributed by atoms with Crippen LogP contribution in [0.5, 0.6) is 0 Å². The Morgan fingerprint density at radius 3 is 2.59 bits per heavy atom. The summed E-state index contributed by atoms with van der Waals surface area (Å²) in [5, 5.41) is 2.98. The van der Waals surface area contributed by atoms with Crippen molar-refractivity contribution >= 4 is 28.9 Å². The maximum absolute atomic E-state index is 12.8. The summed E-state index contributed by atoms with van der Waals surface area (Å²) in [6.07, 6.45) is 6.89. The summed E-state index contributed by atoms with van der Waals surface area (Å²) in [7, 11) is 0. The first-order valence-electron chi connectivity index (χ1n) is 9.86. The van der Waals surface area contributed by atoms with E-state index in [1.54, 1.807) is 6.92 Å². The Hall–Kier alpha value is -2.62. The molecule has 1 saturated heterocycles. The van der Waals surface area contributed by atoms with Gasteiger partial charge >= 0.3 is 5.97 Å². The predicted octanol–water partition coefficient (Wildman–Crippen LogP) is 4.18. The molecule has 0 aliphatic carbocycles. The molecule has 1 fully saturated rings. The first-order valence-corrected chi connectivity index (χ1v) is 10.7. The molecule has 1 aliphatic heterocycles. The number of ether oxygens (including phenoxy) is 1. The van der Waals surface area contributed by atoms with Crippen LogP contribution in [0.15, 0.2) is 30.3 Å². The molecular weight excluding hydrogens is 384 g/mol. The molecule has 29 heavy (non-hydrogen) atoms. The molecule has 2 aromatic rings. The average Bonchev–Trinajstić information content (AvgIpc) is 3.13. The molecule has 0 radical (unpaired) electrons. The largest absolute Gasteiger partial charge is 0.462 e. The highest BCUT2D eigenvalue weighted by molar-refractivity contribution is 7.18. The van der Waals surface area contributed by atoms with E-state index in [1.165, 1.54) is 16.9 Å². The van der Waals surface area contributed by atoms with Crippen molar-refractivity contribution in [3.63, 3.8) is 0 Å². The number of rotatable bonds is 6. The van der Waals surface area contributed by atoms with E-state index in [9.17, 15) is 9.59 Å². The molecule has 0 spiro atoms. The van der Waals surface area contributed by atoms with E-state index >= 15 is 0 Å². The lowest BCUT2D eigenvalue weighted by molar-refractivity contribution is -0.121. The summed E-state index contributed by atoms with van der Waals surface area (Å²) in [5.74, 6) is 2.11. The lowest BCUT2D eigenvalue weighted by Crippen LogP contribution is -2.38.